The molecule has 0 aliphatic heterocycles. The first kappa shape index (κ1) is 19.4. The van der Waals surface area contributed by atoms with Gasteiger partial charge in [0.25, 0.3) is 5.91 Å². The maximum atomic E-state index is 11.8. The SMILES string of the molecule is CNC(=O)c1ccc(-c2nc(Nc3ccc(N(C)C)cc3)c3ccccc3n2)cc1. The van der Waals surface area contributed by atoms with Crippen LogP contribution < -0.4 is 15.5 Å². The molecule has 30 heavy (non-hydrogen) atoms. The van der Waals surface area contributed by atoms with Gasteiger partial charge in [-0.05, 0) is 48.5 Å². The zero-order valence-corrected chi connectivity index (χ0v) is 17.2. The van der Waals surface area contributed by atoms with Crippen LogP contribution in [0.15, 0.2) is 72.8 Å². The Balaban J connectivity index is 1.73. The number of hydrogen-bond acceptors (Lipinski definition) is 5. The molecule has 3 aromatic carbocycles. The Kier molecular flexibility index (Phi) is 5.30. The van der Waals surface area contributed by atoms with E-state index in [4.69, 9.17) is 9.97 Å². The normalized spacial score (nSPS) is 10.6. The summed E-state index contributed by atoms with van der Waals surface area (Å²) in [5, 5.41) is 7.00. The molecule has 0 fully saturated rings. The lowest BCUT2D eigenvalue weighted by molar-refractivity contribution is 0.0963. The Morgan fingerprint density at radius 1 is 0.867 bits per heavy atom. The van der Waals surface area contributed by atoms with Crippen LogP contribution in [0.4, 0.5) is 17.2 Å². The van der Waals surface area contributed by atoms with Crippen LogP contribution in [0.2, 0.25) is 0 Å². The number of aromatic nitrogens is 2. The predicted molar refractivity (Wildman–Crippen MR) is 122 cm³/mol. The number of nitrogens with zero attached hydrogens (tertiary/aromatic N) is 3. The number of fused-ring (bicyclic) bond motifs is 1. The summed E-state index contributed by atoms with van der Waals surface area (Å²) in [4.78, 5) is 23.4. The molecular formula is C24H23N5O. The van der Waals surface area contributed by atoms with Crippen molar-refractivity contribution >= 4 is 34.0 Å². The summed E-state index contributed by atoms with van der Waals surface area (Å²) >= 11 is 0. The lowest BCUT2D eigenvalue weighted by Gasteiger charge is -2.14. The smallest absolute Gasteiger partial charge is 0.251 e. The number of amides is 1. The first-order chi connectivity index (χ1) is 14.5. The molecule has 0 atom stereocenters. The molecule has 0 bridgehead atoms. The van der Waals surface area contributed by atoms with Gasteiger partial charge < -0.3 is 15.5 Å². The maximum absolute atomic E-state index is 11.8. The van der Waals surface area contributed by atoms with Gasteiger partial charge in [0.1, 0.15) is 5.82 Å². The third-order valence-electron chi connectivity index (χ3n) is 4.88. The van der Waals surface area contributed by atoms with E-state index < -0.39 is 0 Å². The summed E-state index contributed by atoms with van der Waals surface area (Å²) in [7, 11) is 5.65. The third kappa shape index (κ3) is 3.93. The summed E-state index contributed by atoms with van der Waals surface area (Å²) in [6, 6.07) is 23.4. The summed E-state index contributed by atoms with van der Waals surface area (Å²) in [6.45, 7) is 0. The van der Waals surface area contributed by atoms with Gasteiger partial charge in [-0.15, -0.1) is 0 Å². The van der Waals surface area contributed by atoms with Crippen molar-refractivity contribution in [2.75, 3.05) is 31.4 Å². The summed E-state index contributed by atoms with van der Waals surface area (Å²) in [5.74, 6) is 1.22. The molecule has 2 N–H and O–H groups in total. The minimum Gasteiger partial charge on any atom is -0.378 e. The minimum absolute atomic E-state index is 0.121. The second-order valence-electron chi connectivity index (χ2n) is 7.14. The molecule has 0 spiro atoms. The van der Waals surface area contributed by atoms with Crippen LogP contribution in [0.25, 0.3) is 22.3 Å². The molecule has 0 saturated heterocycles. The highest BCUT2D eigenvalue weighted by Gasteiger charge is 2.11. The molecule has 0 radical (unpaired) electrons. The van der Waals surface area contributed by atoms with E-state index in [9.17, 15) is 4.79 Å². The van der Waals surface area contributed by atoms with Gasteiger partial charge in [-0.1, -0.05) is 24.3 Å². The second-order valence-corrected chi connectivity index (χ2v) is 7.14. The van der Waals surface area contributed by atoms with Gasteiger partial charge in [0.05, 0.1) is 5.52 Å². The molecule has 1 aromatic heterocycles. The topological polar surface area (TPSA) is 70.2 Å². The van der Waals surface area contributed by atoms with Gasteiger partial charge in [-0.2, -0.15) is 0 Å². The van der Waals surface area contributed by atoms with Crippen molar-refractivity contribution in [1.82, 2.24) is 15.3 Å². The molecule has 1 amide bonds. The van der Waals surface area contributed by atoms with Gasteiger partial charge in [0.15, 0.2) is 5.82 Å². The molecule has 6 heteroatoms. The van der Waals surface area contributed by atoms with E-state index in [1.54, 1.807) is 19.2 Å². The molecule has 0 saturated carbocycles. The molecule has 0 aliphatic rings. The molecule has 0 unspecified atom stereocenters. The largest absolute Gasteiger partial charge is 0.378 e. The van der Waals surface area contributed by atoms with Gasteiger partial charge in [-0.25, -0.2) is 9.97 Å². The van der Waals surface area contributed by atoms with Crippen LogP contribution in [0, 0.1) is 0 Å². The number of benzene rings is 3. The van der Waals surface area contributed by atoms with E-state index in [2.05, 4.69) is 27.7 Å². The van der Waals surface area contributed by atoms with Gasteiger partial charge in [0.2, 0.25) is 0 Å². The van der Waals surface area contributed by atoms with Gasteiger partial charge >= 0.3 is 0 Å². The fraction of sp³-hybridized carbons (Fsp3) is 0.125. The van der Waals surface area contributed by atoms with Crippen LogP contribution in [-0.2, 0) is 0 Å². The predicted octanol–water partition coefficient (Wildman–Crippen LogP) is 4.47. The fourth-order valence-electron chi connectivity index (χ4n) is 3.20. The second kappa shape index (κ2) is 8.21. The highest BCUT2D eigenvalue weighted by Crippen LogP contribution is 2.28. The molecule has 150 valence electrons. The zero-order valence-electron chi connectivity index (χ0n) is 17.2. The van der Waals surface area contributed by atoms with Crippen molar-refractivity contribution in [3.8, 4) is 11.4 Å². The third-order valence-corrected chi connectivity index (χ3v) is 4.88. The Hall–Kier alpha value is -3.93. The average molecular weight is 397 g/mol. The summed E-state index contributed by atoms with van der Waals surface area (Å²) < 4.78 is 0. The fourth-order valence-corrected chi connectivity index (χ4v) is 3.20. The van der Waals surface area contributed by atoms with Crippen molar-refractivity contribution in [2.24, 2.45) is 0 Å². The monoisotopic (exact) mass is 397 g/mol. The number of para-hydroxylation sites is 1. The van der Waals surface area contributed by atoms with E-state index in [1.165, 1.54) is 0 Å². The molecule has 0 aliphatic carbocycles. The number of carbonyl (C=O) groups excluding carboxylic acids is 1. The minimum atomic E-state index is -0.121. The number of carbonyl (C=O) groups is 1. The highest BCUT2D eigenvalue weighted by molar-refractivity contribution is 5.95. The Bertz CT molecular complexity index is 1180. The summed E-state index contributed by atoms with van der Waals surface area (Å²) in [5.41, 5.74) is 4.38. The van der Waals surface area contributed by atoms with E-state index in [0.717, 1.165) is 33.7 Å². The van der Waals surface area contributed by atoms with Gasteiger partial charge in [-0.3, -0.25) is 4.79 Å². The van der Waals surface area contributed by atoms with Crippen molar-refractivity contribution in [1.29, 1.82) is 0 Å². The summed E-state index contributed by atoms with van der Waals surface area (Å²) in [6.07, 6.45) is 0. The van der Waals surface area contributed by atoms with E-state index in [0.29, 0.717) is 11.4 Å². The van der Waals surface area contributed by atoms with Crippen molar-refractivity contribution < 1.29 is 4.79 Å². The Labute approximate surface area is 175 Å². The molecular weight excluding hydrogens is 374 g/mol. The average Bonchev–Trinajstić information content (AvgIpc) is 2.79. The first-order valence-electron chi connectivity index (χ1n) is 9.69. The zero-order chi connectivity index (χ0) is 21.1. The van der Waals surface area contributed by atoms with Crippen LogP contribution in [-0.4, -0.2) is 37.0 Å². The van der Waals surface area contributed by atoms with Crippen molar-refractivity contribution in [2.45, 2.75) is 0 Å². The van der Waals surface area contributed by atoms with Crippen LogP contribution in [0.3, 0.4) is 0 Å². The molecule has 1 heterocycles. The van der Waals surface area contributed by atoms with Crippen LogP contribution >= 0.6 is 0 Å². The maximum Gasteiger partial charge on any atom is 0.251 e. The Morgan fingerprint density at radius 3 is 2.23 bits per heavy atom. The molecule has 4 rings (SSSR count). The molecule has 4 aromatic rings. The van der Waals surface area contributed by atoms with Crippen LogP contribution in [0.1, 0.15) is 10.4 Å². The molecule has 6 nitrogen and oxygen atoms in total. The van der Waals surface area contributed by atoms with E-state index >= 15 is 0 Å². The standard InChI is InChI=1S/C24H23N5O/c1-25-24(30)17-10-8-16(9-11-17)22-27-21-7-5-4-6-20(21)23(28-22)26-18-12-14-19(15-13-18)29(2)3/h4-15H,1-3H3,(H,25,30)(H,26,27,28). The van der Waals surface area contributed by atoms with E-state index in [1.807, 2.05) is 62.6 Å². The van der Waals surface area contributed by atoms with Crippen molar-refractivity contribution in [3.63, 3.8) is 0 Å². The lowest BCUT2D eigenvalue weighted by Crippen LogP contribution is -2.17. The quantitative estimate of drug-likeness (QED) is 0.520. The number of hydrogen-bond donors (Lipinski definition) is 2. The van der Waals surface area contributed by atoms with Crippen molar-refractivity contribution in [3.05, 3.63) is 78.4 Å². The number of anilines is 3. The van der Waals surface area contributed by atoms with E-state index in [-0.39, 0.29) is 5.91 Å². The van der Waals surface area contributed by atoms with Crippen LogP contribution in [0.5, 0.6) is 0 Å². The highest BCUT2D eigenvalue weighted by atomic mass is 16.1. The first-order valence-corrected chi connectivity index (χ1v) is 9.69. The number of nitrogens with one attached hydrogen (secondary N) is 2. The van der Waals surface area contributed by atoms with Gasteiger partial charge in [0, 0.05) is 49.0 Å². The Morgan fingerprint density at radius 2 is 1.57 bits per heavy atom. The lowest BCUT2D eigenvalue weighted by atomic mass is 10.1. The number of rotatable bonds is 5.